The van der Waals surface area contributed by atoms with Gasteiger partial charge in [-0.15, -0.1) is 0 Å². The molecule has 0 atom stereocenters. The molecule has 1 aromatic heterocycles. The minimum Gasteiger partial charge on any atom is -0.477 e. The van der Waals surface area contributed by atoms with Crippen LogP contribution >= 0.6 is 0 Å². The zero-order chi connectivity index (χ0) is 12.4. The number of aromatic nitrogens is 1. The lowest BCUT2D eigenvalue weighted by molar-refractivity contribution is -0.130. The maximum atomic E-state index is 11.9. The van der Waals surface area contributed by atoms with Crippen LogP contribution in [0.5, 0.6) is 0 Å². The van der Waals surface area contributed by atoms with Crippen LogP contribution in [0, 0.1) is 6.92 Å². The molecule has 17 heavy (non-hydrogen) atoms. The normalized spacial score (nSPS) is 15.2. The van der Waals surface area contributed by atoms with Crippen LogP contribution in [0.2, 0.25) is 0 Å². The van der Waals surface area contributed by atoms with Crippen molar-refractivity contribution < 1.29 is 14.7 Å². The van der Waals surface area contributed by atoms with Crippen molar-refractivity contribution in [2.45, 2.75) is 26.3 Å². The molecule has 1 aromatic rings. The molecule has 5 nitrogen and oxygen atoms in total. The number of carbonyl (C=O) groups is 2. The van der Waals surface area contributed by atoms with E-state index in [-0.39, 0.29) is 18.1 Å². The molecule has 1 aliphatic rings. The molecule has 2 rings (SSSR count). The molecule has 92 valence electrons. The first kappa shape index (κ1) is 11.7. The van der Waals surface area contributed by atoms with Gasteiger partial charge in [0.25, 0.3) is 0 Å². The monoisotopic (exact) mass is 236 g/mol. The van der Waals surface area contributed by atoms with E-state index in [9.17, 15) is 9.59 Å². The van der Waals surface area contributed by atoms with Crippen LogP contribution in [0.1, 0.15) is 28.9 Å². The Morgan fingerprint density at radius 1 is 1.35 bits per heavy atom. The molecular weight excluding hydrogens is 220 g/mol. The van der Waals surface area contributed by atoms with E-state index in [1.165, 1.54) is 4.57 Å². The maximum absolute atomic E-state index is 11.9. The number of hydrogen-bond donors (Lipinski definition) is 1. The average molecular weight is 236 g/mol. The quantitative estimate of drug-likeness (QED) is 0.855. The number of carboxylic acid groups (broad SMARTS) is 1. The summed E-state index contributed by atoms with van der Waals surface area (Å²) < 4.78 is 1.51. The third kappa shape index (κ3) is 2.33. The van der Waals surface area contributed by atoms with Gasteiger partial charge in [-0.1, -0.05) is 0 Å². The van der Waals surface area contributed by atoms with E-state index in [0.717, 1.165) is 25.9 Å². The molecule has 0 bridgehead atoms. The summed E-state index contributed by atoms with van der Waals surface area (Å²) in [6, 6.07) is 1.72. The van der Waals surface area contributed by atoms with E-state index in [1.807, 2.05) is 0 Å². The van der Waals surface area contributed by atoms with E-state index in [0.29, 0.717) is 5.56 Å². The third-order valence-electron chi connectivity index (χ3n) is 3.13. The number of aryl methyl sites for hydroxylation is 1. The Morgan fingerprint density at radius 2 is 2.00 bits per heavy atom. The summed E-state index contributed by atoms with van der Waals surface area (Å²) in [5, 5.41) is 9.07. The second kappa shape index (κ2) is 4.61. The molecule has 0 saturated carbocycles. The number of likely N-dealkylation sites (tertiary alicyclic amines) is 1. The van der Waals surface area contributed by atoms with Crippen LogP contribution in [-0.4, -0.2) is 39.5 Å². The standard InChI is InChI=1S/C12H16N2O3/c1-9-4-7-14(11(9)12(16)17)8-10(15)13-5-2-3-6-13/h4,7H,2-3,5-6,8H2,1H3,(H,16,17). The largest absolute Gasteiger partial charge is 0.477 e. The fourth-order valence-electron chi connectivity index (χ4n) is 2.22. The summed E-state index contributed by atoms with van der Waals surface area (Å²) in [6.07, 6.45) is 3.75. The van der Waals surface area contributed by atoms with Gasteiger partial charge in [-0.2, -0.15) is 0 Å². The van der Waals surface area contributed by atoms with E-state index < -0.39 is 5.97 Å². The molecule has 0 aromatic carbocycles. The van der Waals surface area contributed by atoms with E-state index in [4.69, 9.17) is 5.11 Å². The van der Waals surface area contributed by atoms with Gasteiger partial charge in [0, 0.05) is 19.3 Å². The van der Waals surface area contributed by atoms with Crippen LogP contribution in [0.4, 0.5) is 0 Å². The Kier molecular flexibility index (Phi) is 3.17. The topological polar surface area (TPSA) is 62.5 Å². The summed E-state index contributed by atoms with van der Waals surface area (Å²) in [4.78, 5) is 24.8. The van der Waals surface area contributed by atoms with Gasteiger partial charge in [0.2, 0.25) is 5.91 Å². The number of carbonyl (C=O) groups excluding carboxylic acids is 1. The van der Waals surface area contributed by atoms with Crippen molar-refractivity contribution in [2.24, 2.45) is 0 Å². The van der Waals surface area contributed by atoms with Gasteiger partial charge in [-0.25, -0.2) is 4.79 Å². The average Bonchev–Trinajstić information content (AvgIpc) is 2.87. The van der Waals surface area contributed by atoms with Gasteiger partial charge in [-0.05, 0) is 31.4 Å². The highest BCUT2D eigenvalue weighted by Crippen LogP contribution is 2.13. The Labute approximate surface area is 99.6 Å². The number of hydrogen-bond acceptors (Lipinski definition) is 2. The molecule has 1 fully saturated rings. The number of nitrogens with zero attached hydrogens (tertiary/aromatic N) is 2. The molecule has 1 amide bonds. The van der Waals surface area contributed by atoms with Gasteiger partial charge in [0.15, 0.2) is 0 Å². The van der Waals surface area contributed by atoms with Crippen LogP contribution < -0.4 is 0 Å². The van der Waals surface area contributed by atoms with Gasteiger partial charge in [-0.3, -0.25) is 4.79 Å². The van der Waals surface area contributed by atoms with Crippen molar-refractivity contribution in [2.75, 3.05) is 13.1 Å². The molecule has 1 N–H and O–H groups in total. The van der Waals surface area contributed by atoms with Crippen molar-refractivity contribution in [1.82, 2.24) is 9.47 Å². The molecule has 0 aliphatic carbocycles. The van der Waals surface area contributed by atoms with E-state index in [1.54, 1.807) is 24.1 Å². The minimum atomic E-state index is -0.985. The lowest BCUT2D eigenvalue weighted by atomic mass is 10.3. The van der Waals surface area contributed by atoms with Crippen molar-refractivity contribution in [1.29, 1.82) is 0 Å². The summed E-state index contributed by atoms with van der Waals surface area (Å²) in [6.45, 7) is 3.44. The van der Waals surface area contributed by atoms with Gasteiger partial charge < -0.3 is 14.6 Å². The van der Waals surface area contributed by atoms with Gasteiger partial charge in [0.1, 0.15) is 12.2 Å². The van der Waals surface area contributed by atoms with Crippen molar-refractivity contribution >= 4 is 11.9 Å². The molecule has 2 heterocycles. The maximum Gasteiger partial charge on any atom is 0.352 e. The molecule has 1 saturated heterocycles. The first-order chi connectivity index (χ1) is 8.09. The van der Waals surface area contributed by atoms with Crippen LogP contribution in [0.3, 0.4) is 0 Å². The number of amides is 1. The molecule has 0 spiro atoms. The highest BCUT2D eigenvalue weighted by atomic mass is 16.4. The Balaban J connectivity index is 2.13. The first-order valence-corrected chi connectivity index (χ1v) is 5.76. The van der Waals surface area contributed by atoms with Crippen LogP contribution in [0.15, 0.2) is 12.3 Å². The number of aromatic carboxylic acids is 1. The third-order valence-corrected chi connectivity index (χ3v) is 3.13. The molecule has 0 unspecified atom stereocenters. The first-order valence-electron chi connectivity index (χ1n) is 5.76. The predicted molar refractivity (Wildman–Crippen MR) is 61.9 cm³/mol. The van der Waals surface area contributed by atoms with E-state index in [2.05, 4.69) is 0 Å². The smallest absolute Gasteiger partial charge is 0.352 e. The molecule has 5 heteroatoms. The fraction of sp³-hybridized carbons (Fsp3) is 0.500. The zero-order valence-electron chi connectivity index (χ0n) is 9.85. The second-order valence-corrected chi connectivity index (χ2v) is 4.37. The number of carboxylic acids is 1. The van der Waals surface area contributed by atoms with Crippen molar-refractivity contribution in [3.05, 3.63) is 23.5 Å². The molecular formula is C12H16N2O3. The van der Waals surface area contributed by atoms with E-state index >= 15 is 0 Å². The summed E-state index contributed by atoms with van der Waals surface area (Å²) >= 11 is 0. The van der Waals surface area contributed by atoms with Gasteiger partial charge >= 0.3 is 5.97 Å². The Bertz CT molecular complexity index is 445. The molecule has 1 aliphatic heterocycles. The summed E-state index contributed by atoms with van der Waals surface area (Å²) in [7, 11) is 0. The summed E-state index contributed by atoms with van der Waals surface area (Å²) in [5.74, 6) is -0.984. The van der Waals surface area contributed by atoms with Crippen molar-refractivity contribution in [3.8, 4) is 0 Å². The Hall–Kier alpha value is -1.78. The summed E-state index contributed by atoms with van der Waals surface area (Å²) in [5.41, 5.74) is 0.893. The second-order valence-electron chi connectivity index (χ2n) is 4.37. The van der Waals surface area contributed by atoms with Crippen molar-refractivity contribution in [3.63, 3.8) is 0 Å². The zero-order valence-corrected chi connectivity index (χ0v) is 9.85. The lowest BCUT2D eigenvalue weighted by Crippen LogP contribution is -2.31. The van der Waals surface area contributed by atoms with Crippen LogP contribution in [-0.2, 0) is 11.3 Å². The van der Waals surface area contributed by atoms with Crippen LogP contribution in [0.25, 0.3) is 0 Å². The fourth-order valence-corrected chi connectivity index (χ4v) is 2.22. The predicted octanol–water partition coefficient (Wildman–Crippen LogP) is 1.12. The lowest BCUT2D eigenvalue weighted by Gasteiger charge is -2.16. The SMILES string of the molecule is Cc1ccn(CC(=O)N2CCCC2)c1C(=O)O. The highest BCUT2D eigenvalue weighted by molar-refractivity contribution is 5.88. The highest BCUT2D eigenvalue weighted by Gasteiger charge is 2.20. The molecule has 0 radical (unpaired) electrons. The Morgan fingerprint density at radius 3 is 2.59 bits per heavy atom. The minimum absolute atomic E-state index is 0.000556. The van der Waals surface area contributed by atoms with Gasteiger partial charge in [0.05, 0.1) is 0 Å². The number of rotatable bonds is 3.